The Hall–Kier alpha value is -6.68. The van der Waals surface area contributed by atoms with Crippen LogP contribution in [0.4, 0.5) is 34.1 Å². The lowest BCUT2D eigenvalue weighted by atomic mass is 9.96. The summed E-state index contributed by atoms with van der Waals surface area (Å²) in [5.41, 5.74) is 9.20. The van der Waals surface area contributed by atoms with Crippen molar-refractivity contribution < 1.29 is 0 Å². The topological polar surface area (TPSA) is 6.48 Å². The van der Waals surface area contributed by atoms with Crippen LogP contribution in [-0.2, 0) is 0 Å². The molecule has 0 bridgehead atoms. The van der Waals surface area contributed by atoms with Crippen molar-refractivity contribution in [1.29, 1.82) is 0 Å². The van der Waals surface area contributed by atoms with E-state index in [0.29, 0.717) is 0 Å². The van der Waals surface area contributed by atoms with Crippen LogP contribution in [0.2, 0.25) is 0 Å². The molecule has 3 heteroatoms. The summed E-state index contributed by atoms with van der Waals surface area (Å²) >= 11 is 1.89. The molecule has 0 aliphatic heterocycles. The first-order valence-electron chi connectivity index (χ1n) is 18.0. The van der Waals surface area contributed by atoms with Gasteiger partial charge in [0.2, 0.25) is 0 Å². The Morgan fingerprint density at radius 3 is 1.49 bits per heavy atom. The number of anilines is 6. The number of benzene rings is 9. The van der Waals surface area contributed by atoms with Crippen molar-refractivity contribution >= 4 is 87.2 Å². The van der Waals surface area contributed by atoms with E-state index in [2.05, 4.69) is 216 Å². The molecule has 0 unspecified atom stereocenters. The van der Waals surface area contributed by atoms with E-state index < -0.39 is 0 Å². The summed E-state index contributed by atoms with van der Waals surface area (Å²) < 4.78 is 2.60. The molecule has 0 N–H and O–H groups in total. The lowest BCUT2D eigenvalue weighted by Crippen LogP contribution is -2.11. The minimum Gasteiger partial charge on any atom is -0.310 e. The molecule has 1 aromatic heterocycles. The van der Waals surface area contributed by atoms with E-state index in [1.165, 1.54) is 52.8 Å². The van der Waals surface area contributed by atoms with Gasteiger partial charge in [-0.2, -0.15) is 0 Å². The van der Waals surface area contributed by atoms with Crippen molar-refractivity contribution in [2.75, 3.05) is 9.80 Å². The van der Waals surface area contributed by atoms with Crippen LogP contribution in [0.5, 0.6) is 0 Å². The molecule has 10 aromatic rings. The fourth-order valence-electron chi connectivity index (χ4n) is 7.85. The Balaban J connectivity index is 1.19. The quantitative estimate of drug-likeness (QED) is 0.153. The zero-order valence-corrected chi connectivity index (χ0v) is 29.7. The van der Waals surface area contributed by atoms with Gasteiger partial charge in [0.05, 0.1) is 5.69 Å². The summed E-state index contributed by atoms with van der Waals surface area (Å²) in [6.45, 7) is 0. The first kappa shape index (κ1) is 31.1. The molecule has 9 aromatic carbocycles. The Bertz CT molecular complexity index is 2840. The maximum atomic E-state index is 2.40. The van der Waals surface area contributed by atoms with E-state index in [4.69, 9.17) is 0 Å². The fourth-order valence-corrected chi connectivity index (χ4v) is 9.14. The predicted octanol–water partition coefficient (Wildman–Crippen LogP) is 15.0. The van der Waals surface area contributed by atoms with E-state index in [1.807, 2.05) is 11.3 Å². The molecule has 0 saturated carbocycles. The minimum absolute atomic E-state index is 1.12. The van der Waals surface area contributed by atoms with Crippen LogP contribution < -0.4 is 9.80 Å². The summed E-state index contributed by atoms with van der Waals surface area (Å²) in [5.74, 6) is 0. The number of nitrogens with zero attached hydrogens (tertiary/aromatic N) is 2. The Kier molecular flexibility index (Phi) is 7.71. The van der Waals surface area contributed by atoms with E-state index >= 15 is 0 Å². The summed E-state index contributed by atoms with van der Waals surface area (Å²) in [6, 6.07) is 74.4. The number of rotatable bonds is 7. The maximum absolute atomic E-state index is 2.40. The van der Waals surface area contributed by atoms with Crippen molar-refractivity contribution in [3.8, 4) is 11.1 Å². The van der Waals surface area contributed by atoms with Crippen LogP contribution >= 0.6 is 11.3 Å². The van der Waals surface area contributed by atoms with E-state index in [-0.39, 0.29) is 0 Å². The molecular weight excluding hydrogens is 661 g/mol. The molecule has 0 amide bonds. The third-order valence-electron chi connectivity index (χ3n) is 10.2. The summed E-state index contributed by atoms with van der Waals surface area (Å²) in [5, 5.41) is 7.70. The van der Waals surface area contributed by atoms with Gasteiger partial charge in [0.15, 0.2) is 0 Å². The molecule has 53 heavy (non-hydrogen) atoms. The average molecular weight is 695 g/mol. The second-order valence-electron chi connectivity index (χ2n) is 13.3. The number of thiophene rings is 1. The molecular formula is C50H34N2S. The standard InChI is InChI=1S/C50H34N2S/c1-5-17-35(18-6-1)41-25-15-16-28-47(41)52(38-23-11-4-12-24-38)39-29-31-44-46(33-39)42-26-13-14-27-43(42)49-45-32-30-40(34-48(45)53-50(44)49)51(36-19-7-2-8-20-36)37-21-9-3-10-22-37/h1-34H. The lowest BCUT2D eigenvalue weighted by molar-refractivity contribution is 1.29. The lowest BCUT2D eigenvalue weighted by Gasteiger charge is -2.28. The highest BCUT2D eigenvalue weighted by atomic mass is 32.1. The molecule has 0 saturated heterocycles. The van der Waals surface area contributed by atoms with Gasteiger partial charge >= 0.3 is 0 Å². The largest absolute Gasteiger partial charge is 0.310 e. The first-order chi connectivity index (χ1) is 26.3. The highest BCUT2D eigenvalue weighted by Crippen LogP contribution is 2.48. The second kappa shape index (κ2) is 13.1. The highest BCUT2D eigenvalue weighted by Gasteiger charge is 2.21. The summed E-state index contributed by atoms with van der Waals surface area (Å²) in [4.78, 5) is 4.75. The Labute approximate surface area is 313 Å². The minimum atomic E-state index is 1.12. The van der Waals surface area contributed by atoms with Crippen LogP contribution in [0.1, 0.15) is 0 Å². The molecule has 2 nitrogen and oxygen atoms in total. The van der Waals surface area contributed by atoms with Gasteiger partial charge in [-0.25, -0.2) is 0 Å². The molecule has 0 fully saturated rings. The zero-order chi connectivity index (χ0) is 35.1. The van der Waals surface area contributed by atoms with E-state index in [0.717, 1.165) is 34.1 Å². The smallest absolute Gasteiger partial charge is 0.0540 e. The number of hydrogen-bond donors (Lipinski definition) is 0. The Morgan fingerprint density at radius 2 is 0.830 bits per heavy atom. The third-order valence-corrected chi connectivity index (χ3v) is 11.4. The molecule has 0 aliphatic rings. The SMILES string of the molecule is c1ccc(-c2ccccc2N(c2ccccc2)c2ccc3c(c2)c2ccccc2c2c4ccc(N(c5ccccc5)c5ccccc5)cc4sc32)cc1. The van der Waals surface area contributed by atoms with Gasteiger partial charge in [-0.3, -0.25) is 0 Å². The van der Waals surface area contributed by atoms with Crippen molar-refractivity contribution in [3.63, 3.8) is 0 Å². The molecule has 1 heterocycles. The fraction of sp³-hybridized carbons (Fsp3) is 0. The van der Waals surface area contributed by atoms with Crippen molar-refractivity contribution in [2.45, 2.75) is 0 Å². The second-order valence-corrected chi connectivity index (χ2v) is 14.4. The normalized spacial score (nSPS) is 11.4. The van der Waals surface area contributed by atoms with Gasteiger partial charge in [-0.05, 0) is 88.5 Å². The van der Waals surface area contributed by atoms with Crippen LogP contribution in [0.3, 0.4) is 0 Å². The van der Waals surface area contributed by atoms with Gasteiger partial charge < -0.3 is 9.80 Å². The summed E-state index contributed by atoms with van der Waals surface area (Å²) in [6.07, 6.45) is 0. The van der Waals surface area contributed by atoms with E-state index in [9.17, 15) is 0 Å². The first-order valence-corrected chi connectivity index (χ1v) is 18.8. The molecule has 0 aliphatic carbocycles. The van der Waals surface area contributed by atoms with Gasteiger partial charge in [-0.15, -0.1) is 11.3 Å². The van der Waals surface area contributed by atoms with Gasteiger partial charge in [0.25, 0.3) is 0 Å². The molecule has 0 atom stereocenters. The molecule has 0 spiro atoms. The number of para-hydroxylation sites is 4. The van der Waals surface area contributed by atoms with Gasteiger partial charge in [0.1, 0.15) is 0 Å². The molecule has 250 valence electrons. The van der Waals surface area contributed by atoms with Crippen LogP contribution in [0.25, 0.3) is 52.8 Å². The van der Waals surface area contributed by atoms with E-state index in [1.54, 1.807) is 0 Å². The highest BCUT2D eigenvalue weighted by molar-refractivity contribution is 7.27. The van der Waals surface area contributed by atoms with Crippen LogP contribution in [0.15, 0.2) is 206 Å². The zero-order valence-electron chi connectivity index (χ0n) is 28.9. The third kappa shape index (κ3) is 5.42. The monoisotopic (exact) mass is 694 g/mol. The number of fused-ring (bicyclic) bond motifs is 8. The van der Waals surface area contributed by atoms with Gasteiger partial charge in [-0.1, -0.05) is 140 Å². The van der Waals surface area contributed by atoms with Gasteiger partial charge in [0, 0.05) is 59.6 Å². The molecule has 0 radical (unpaired) electrons. The van der Waals surface area contributed by atoms with Crippen molar-refractivity contribution in [3.05, 3.63) is 206 Å². The molecule has 10 rings (SSSR count). The van der Waals surface area contributed by atoms with Crippen molar-refractivity contribution in [2.24, 2.45) is 0 Å². The number of hydrogen-bond acceptors (Lipinski definition) is 3. The van der Waals surface area contributed by atoms with Crippen LogP contribution in [0, 0.1) is 0 Å². The Morgan fingerprint density at radius 1 is 0.321 bits per heavy atom. The average Bonchev–Trinajstić information content (AvgIpc) is 3.62. The maximum Gasteiger partial charge on any atom is 0.0540 e. The summed E-state index contributed by atoms with van der Waals surface area (Å²) in [7, 11) is 0. The predicted molar refractivity (Wildman–Crippen MR) is 229 cm³/mol. The van der Waals surface area contributed by atoms with Crippen molar-refractivity contribution in [1.82, 2.24) is 0 Å². The van der Waals surface area contributed by atoms with Crippen LogP contribution in [-0.4, -0.2) is 0 Å².